The van der Waals surface area contributed by atoms with Crippen molar-refractivity contribution < 1.29 is 9.18 Å². The van der Waals surface area contributed by atoms with Crippen LogP contribution in [0.4, 0.5) is 4.39 Å². The maximum Gasteiger partial charge on any atom is 0.230 e. The molecular formula is C18H20FNOS. The molecule has 2 aromatic rings. The van der Waals surface area contributed by atoms with Crippen molar-refractivity contribution in [3.63, 3.8) is 0 Å². The lowest BCUT2D eigenvalue weighted by Crippen LogP contribution is -2.32. The van der Waals surface area contributed by atoms with E-state index in [0.717, 1.165) is 10.5 Å². The van der Waals surface area contributed by atoms with E-state index < -0.39 is 0 Å². The Morgan fingerprint density at radius 3 is 2.32 bits per heavy atom. The smallest absolute Gasteiger partial charge is 0.230 e. The fourth-order valence-corrected chi connectivity index (χ4v) is 2.90. The molecule has 116 valence electrons. The molecule has 2 nitrogen and oxygen atoms in total. The van der Waals surface area contributed by atoms with Gasteiger partial charge in [-0.25, -0.2) is 4.39 Å². The zero-order valence-electron chi connectivity index (χ0n) is 12.8. The lowest BCUT2D eigenvalue weighted by Gasteiger charge is -2.22. The van der Waals surface area contributed by atoms with E-state index in [2.05, 4.69) is 19.2 Å². The number of halogens is 1. The van der Waals surface area contributed by atoms with Crippen LogP contribution in [0, 0.1) is 11.7 Å². The molecular weight excluding hydrogens is 297 g/mol. The van der Waals surface area contributed by atoms with Gasteiger partial charge in [-0.1, -0.05) is 44.2 Å². The first-order chi connectivity index (χ1) is 10.6. The van der Waals surface area contributed by atoms with Crippen LogP contribution in [0.1, 0.15) is 25.5 Å². The van der Waals surface area contributed by atoms with Gasteiger partial charge in [0.1, 0.15) is 5.82 Å². The predicted molar refractivity (Wildman–Crippen MR) is 89.3 cm³/mol. The van der Waals surface area contributed by atoms with Crippen molar-refractivity contribution in [3.05, 3.63) is 66.0 Å². The summed E-state index contributed by atoms with van der Waals surface area (Å²) in [6.45, 7) is 4.18. The summed E-state index contributed by atoms with van der Waals surface area (Å²) in [4.78, 5) is 13.1. The van der Waals surface area contributed by atoms with Crippen LogP contribution < -0.4 is 5.32 Å². The molecule has 1 unspecified atom stereocenters. The lowest BCUT2D eigenvalue weighted by atomic mass is 9.96. The summed E-state index contributed by atoms with van der Waals surface area (Å²) >= 11 is 1.41. The number of hydrogen-bond acceptors (Lipinski definition) is 2. The summed E-state index contributed by atoms with van der Waals surface area (Å²) in [7, 11) is 0. The minimum absolute atomic E-state index is 0.00233. The molecule has 2 aromatic carbocycles. The van der Waals surface area contributed by atoms with Crippen molar-refractivity contribution in [2.75, 3.05) is 5.75 Å². The normalized spacial score (nSPS) is 12.2. The number of nitrogens with one attached hydrogen (secondary N) is 1. The molecule has 2 rings (SSSR count). The molecule has 0 aliphatic heterocycles. The third kappa shape index (κ3) is 4.88. The Morgan fingerprint density at radius 1 is 1.09 bits per heavy atom. The first-order valence-electron chi connectivity index (χ1n) is 7.29. The third-order valence-corrected chi connectivity index (χ3v) is 4.34. The standard InChI is InChI=1S/C18H20FNOS/c1-13(2)18(14-6-4-3-5-7-14)20-17(21)12-22-16-10-8-15(19)9-11-16/h3-11,13,18H,12H2,1-2H3,(H,20,21). The van der Waals surface area contributed by atoms with Crippen molar-refractivity contribution in [2.24, 2.45) is 5.92 Å². The second-order valence-electron chi connectivity index (χ2n) is 5.44. The van der Waals surface area contributed by atoms with Gasteiger partial charge >= 0.3 is 0 Å². The van der Waals surface area contributed by atoms with Crippen LogP contribution >= 0.6 is 11.8 Å². The van der Waals surface area contributed by atoms with Crippen molar-refractivity contribution in [1.82, 2.24) is 5.32 Å². The van der Waals surface area contributed by atoms with Gasteiger partial charge < -0.3 is 5.32 Å². The van der Waals surface area contributed by atoms with Gasteiger partial charge in [-0.15, -0.1) is 11.8 Å². The minimum atomic E-state index is -0.266. The topological polar surface area (TPSA) is 29.1 Å². The molecule has 0 heterocycles. The molecule has 1 N–H and O–H groups in total. The highest BCUT2D eigenvalue weighted by atomic mass is 32.2. The average molecular weight is 317 g/mol. The van der Waals surface area contributed by atoms with Crippen molar-refractivity contribution >= 4 is 17.7 Å². The van der Waals surface area contributed by atoms with Crippen LogP contribution in [0.3, 0.4) is 0 Å². The highest BCUT2D eigenvalue weighted by Gasteiger charge is 2.17. The first-order valence-corrected chi connectivity index (χ1v) is 8.27. The Hall–Kier alpha value is -1.81. The van der Waals surface area contributed by atoms with E-state index in [-0.39, 0.29) is 17.8 Å². The zero-order valence-corrected chi connectivity index (χ0v) is 13.6. The fraction of sp³-hybridized carbons (Fsp3) is 0.278. The summed E-state index contributed by atoms with van der Waals surface area (Å²) < 4.78 is 12.8. The van der Waals surface area contributed by atoms with E-state index in [1.165, 1.54) is 23.9 Å². The summed E-state index contributed by atoms with van der Waals surface area (Å²) in [5.74, 6) is 0.346. The van der Waals surface area contributed by atoms with Gasteiger partial charge in [0, 0.05) is 4.90 Å². The highest BCUT2D eigenvalue weighted by Crippen LogP contribution is 2.22. The summed E-state index contributed by atoms with van der Waals surface area (Å²) in [5, 5.41) is 3.08. The summed E-state index contributed by atoms with van der Waals surface area (Å²) in [6.07, 6.45) is 0. The highest BCUT2D eigenvalue weighted by molar-refractivity contribution is 8.00. The number of carbonyl (C=O) groups excluding carboxylic acids is 1. The molecule has 4 heteroatoms. The van der Waals surface area contributed by atoms with Crippen LogP contribution in [0.5, 0.6) is 0 Å². The Bertz CT molecular complexity index is 598. The van der Waals surface area contributed by atoms with Gasteiger partial charge in [-0.2, -0.15) is 0 Å². The van der Waals surface area contributed by atoms with Gasteiger partial charge in [0.05, 0.1) is 11.8 Å². The molecule has 1 amide bonds. The van der Waals surface area contributed by atoms with E-state index in [1.807, 2.05) is 30.3 Å². The van der Waals surface area contributed by atoms with E-state index in [1.54, 1.807) is 12.1 Å². The van der Waals surface area contributed by atoms with Crippen LogP contribution in [0.15, 0.2) is 59.5 Å². The van der Waals surface area contributed by atoms with Gasteiger partial charge in [0.25, 0.3) is 0 Å². The fourth-order valence-electron chi connectivity index (χ4n) is 2.19. The molecule has 0 saturated heterocycles. The number of amides is 1. The molecule has 0 saturated carbocycles. The molecule has 22 heavy (non-hydrogen) atoms. The minimum Gasteiger partial charge on any atom is -0.348 e. The maximum absolute atomic E-state index is 12.8. The van der Waals surface area contributed by atoms with Gasteiger partial charge in [-0.3, -0.25) is 4.79 Å². The Balaban J connectivity index is 1.93. The van der Waals surface area contributed by atoms with Gasteiger partial charge in [0.2, 0.25) is 5.91 Å². The van der Waals surface area contributed by atoms with E-state index in [0.29, 0.717) is 11.7 Å². The monoisotopic (exact) mass is 317 g/mol. The Labute approximate surface area is 135 Å². The quantitative estimate of drug-likeness (QED) is 0.799. The van der Waals surface area contributed by atoms with Gasteiger partial charge in [0.15, 0.2) is 0 Å². The van der Waals surface area contributed by atoms with Gasteiger partial charge in [-0.05, 0) is 35.7 Å². The Morgan fingerprint density at radius 2 is 1.73 bits per heavy atom. The molecule has 1 atom stereocenters. The first kappa shape index (κ1) is 16.6. The number of benzene rings is 2. The third-order valence-electron chi connectivity index (χ3n) is 3.33. The zero-order chi connectivity index (χ0) is 15.9. The largest absolute Gasteiger partial charge is 0.348 e. The number of thioether (sulfide) groups is 1. The van der Waals surface area contributed by atoms with Crippen molar-refractivity contribution in [2.45, 2.75) is 24.8 Å². The molecule has 0 radical (unpaired) electrons. The molecule has 0 aromatic heterocycles. The van der Waals surface area contributed by atoms with E-state index in [9.17, 15) is 9.18 Å². The maximum atomic E-state index is 12.8. The van der Waals surface area contributed by atoms with Crippen LogP contribution in [0.2, 0.25) is 0 Å². The Kier molecular flexibility index (Phi) is 6.01. The van der Waals surface area contributed by atoms with Crippen molar-refractivity contribution in [3.8, 4) is 0 Å². The lowest BCUT2D eigenvalue weighted by molar-refractivity contribution is -0.119. The van der Waals surface area contributed by atoms with Crippen LogP contribution in [-0.4, -0.2) is 11.7 Å². The second kappa shape index (κ2) is 7.99. The van der Waals surface area contributed by atoms with E-state index in [4.69, 9.17) is 0 Å². The average Bonchev–Trinajstić information content (AvgIpc) is 2.52. The predicted octanol–water partition coefficient (Wildman–Crippen LogP) is 4.43. The summed E-state index contributed by atoms with van der Waals surface area (Å²) in [6, 6.07) is 16.1. The molecule has 0 fully saturated rings. The molecule has 0 aliphatic rings. The summed E-state index contributed by atoms with van der Waals surface area (Å²) in [5.41, 5.74) is 1.11. The van der Waals surface area contributed by atoms with Crippen LogP contribution in [0.25, 0.3) is 0 Å². The number of rotatable bonds is 6. The molecule has 0 bridgehead atoms. The second-order valence-corrected chi connectivity index (χ2v) is 6.49. The number of hydrogen-bond donors (Lipinski definition) is 1. The SMILES string of the molecule is CC(C)C(NC(=O)CSc1ccc(F)cc1)c1ccccc1. The molecule has 0 aliphatic carbocycles. The van der Waals surface area contributed by atoms with Crippen LogP contribution in [-0.2, 0) is 4.79 Å². The molecule has 0 spiro atoms. The van der Waals surface area contributed by atoms with Crippen molar-refractivity contribution in [1.29, 1.82) is 0 Å². The van der Waals surface area contributed by atoms with E-state index >= 15 is 0 Å². The number of carbonyl (C=O) groups is 1.